The van der Waals surface area contributed by atoms with Crippen LogP contribution in [0.5, 0.6) is 0 Å². The van der Waals surface area contributed by atoms with Crippen LogP contribution in [0.25, 0.3) is 0 Å². The van der Waals surface area contributed by atoms with Crippen molar-refractivity contribution in [3.05, 3.63) is 0 Å². The van der Waals surface area contributed by atoms with Gasteiger partial charge < -0.3 is 5.32 Å². The van der Waals surface area contributed by atoms with Crippen LogP contribution in [-0.2, 0) is 4.79 Å². The number of halogens is 1. The molecule has 3 heteroatoms. The van der Waals surface area contributed by atoms with Gasteiger partial charge in [-0.15, -0.1) is 0 Å². The first kappa shape index (κ1) is 15.4. The maximum atomic E-state index is 11.8. The van der Waals surface area contributed by atoms with E-state index in [4.69, 9.17) is 0 Å². The molecule has 0 aliphatic rings. The second-order valence-electron chi connectivity index (χ2n) is 4.30. The van der Waals surface area contributed by atoms with Crippen LogP contribution in [0.2, 0.25) is 0 Å². The molecule has 0 aromatic rings. The van der Waals surface area contributed by atoms with Crippen molar-refractivity contribution in [2.45, 2.75) is 64.2 Å². The Morgan fingerprint density at radius 3 is 1.62 bits per heavy atom. The molecule has 0 saturated carbocycles. The van der Waals surface area contributed by atoms with Crippen LogP contribution >= 0.6 is 0 Å². The number of amides is 1. The number of unbranched alkanes of at least 4 members (excludes halogenated alkanes) is 9. The van der Waals surface area contributed by atoms with Gasteiger partial charge in [-0.25, -0.2) is 0 Å². The molecule has 16 heavy (non-hydrogen) atoms. The van der Waals surface area contributed by atoms with Gasteiger partial charge in [-0.2, -0.15) is 0 Å². The molecule has 0 aliphatic heterocycles. The van der Waals surface area contributed by atoms with Crippen molar-refractivity contribution in [3.8, 4) is 0 Å². The van der Waals surface area contributed by atoms with Gasteiger partial charge in [0.1, 0.15) is 0 Å². The maximum Gasteiger partial charge on any atom is 0.207 e. The number of carbonyl (C=O) groups is 1. The molecule has 0 aromatic carbocycles. The molecule has 1 amide bonds. The summed E-state index contributed by atoms with van der Waals surface area (Å²) >= 11 is 0. The monoisotopic (exact) mass is 231 g/mol. The smallest absolute Gasteiger partial charge is 0.207 e. The predicted octanol–water partition coefficient (Wildman–Crippen LogP) is 3.60. The third kappa shape index (κ3) is 13.4. The minimum Gasteiger partial charge on any atom is -0.359 e. The van der Waals surface area contributed by atoms with Gasteiger partial charge in [-0.05, 0) is 12.8 Å². The van der Waals surface area contributed by atoms with Gasteiger partial charge >= 0.3 is 0 Å². The van der Waals surface area contributed by atoms with Gasteiger partial charge in [-0.1, -0.05) is 51.4 Å². The molecule has 0 aromatic heterocycles. The summed E-state index contributed by atoms with van der Waals surface area (Å²) in [4.78, 5) is 9.95. The zero-order valence-electron chi connectivity index (χ0n) is 10.3. The van der Waals surface area contributed by atoms with E-state index in [2.05, 4.69) is 5.32 Å². The largest absolute Gasteiger partial charge is 0.359 e. The third-order valence-corrected chi connectivity index (χ3v) is 2.79. The lowest BCUT2D eigenvalue weighted by Gasteiger charge is -2.02. The average Bonchev–Trinajstić information content (AvgIpc) is 2.31. The Morgan fingerprint density at radius 2 is 1.19 bits per heavy atom. The molecule has 0 radical (unpaired) electrons. The van der Waals surface area contributed by atoms with Crippen molar-refractivity contribution in [1.29, 1.82) is 0 Å². The van der Waals surface area contributed by atoms with Crippen LogP contribution in [0.3, 0.4) is 0 Å². The van der Waals surface area contributed by atoms with Crippen LogP contribution in [0.1, 0.15) is 64.2 Å². The first-order chi connectivity index (χ1) is 7.91. The van der Waals surface area contributed by atoms with Gasteiger partial charge in [0.25, 0.3) is 0 Å². The molecule has 0 rings (SSSR count). The number of hydrogen-bond donors (Lipinski definition) is 1. The summed E-state index contributed by atoms with van der Waals surface area (Å²) in [5.74, 6) is 0. The molecule has 1 N–H and O–H groups in total. The lowest BCUT2D eigenvalue weighted by molar-refractivity contribution is -0.109. The SMILES string of the molecule is O=CNCCCCCCCCCCCCF. The molecular formula is C13H26FNO. The van der Waals surface area contributed by atoms with E-state index >= 15 is 0 Å². The van der Waals surface area contributed by atoms with E-state index in [1.165, 1.54) is 44.9 Å². The van der Waals surface area contributed by atoms with Crippen LogP contribution in [0.4, 0.5) is 4.39 Å². The highest BCUT2D eigenvalue weighted by Gasteiger charge is 1.92. The normalized spacial score (nSPS) is 10.3. The Bertz CT molecular complexity index is 142. The molecular weight excluding hydrogens is 205 g/mol. The summed E-state index contributed by atoms with van der Waals surface area (Å²) in [7, 11) is 0. The van der Waals surface area contributed by atoms with Gasteiger partial charge in [0.2, 0.25) is 6.41 Å². The molecule has 96 valence electrons. The fourth-order valence-corrected chi connectivity index (χ4v) is 1.79. The van der Waals surface area contributed by atoms with Crippen LogP contribution < -0.4 is 5.32 Å². The minimum absolute atomic E-state index is 0.158. The second kappa shape index (κ2) is 14.4. The first-order valence-corrected chi connectivity index (χ1v) is 6.65. The lowest BCUT2D eigenvalue weighted by Crippen LogP contribution is -2.11. The van der Waals surface area contributed by atoms with Crippen molar-refractivity contribution in [2.75, 3.05) is 13.2 Å². The summed E-state index contributed by atoms with van der Waals surface area (Å²) in [6.45, 7) is 0.654. The van der Waals surface area contributed by atoms with E-state index in [0.29, 0.717) is 0 Å². The van der Waals surface area contributed by atoms with Crippen molar-refractivity contribution in [1.82, 2.24) is 5.32 Å². The van der Waals surface area contributed by atoms with Gasteiger partial charge in [0.05, 0.1) is 6.67 Å². The Balaban J connectivity index is 2.85. The van der Waals surface area contributed by atoms with Crippen LogP contribution in [0.15, 0.2) is 0 Å². The molecule has 0 spiro atoms. The van der Waals surface area contributed by atoms with E-state index < -0.39 is 0 Å². The topological polar surface area (TPSA) is 29.1 Å². The number of carbonyl (C=O) groups excluding carboxylic acids is 1. The summed E-state index contributed by atoms with van der Waals surface area (Å²) in [6.07, 6.45) is 12.5. The fraction of sp³-hybridized carbons (Fsp3) is 0.923. The number of rotatable bonds is 13. The number of nitrogens with one attached hydrogen (secondary N) is 1. The summed E-state index contributed by atoms with van der Waals surface area (Å²) in [6, 6.07) is 0. The third-order valence-electron chi connectivity index (χ3n) is 2.79. The molecule has 0 heterocycles. The standard InChI is InChI=1S/C13H26FNO/c14-11-9-7-5-3-1-2-4-6-8-10-12-15-13-16/h13H,1-12H2,(H,15,16). The molecule has 0 bridgehead atoms. The van der Waals surface area contributed by atoms with Gasteiger partial charge in [0, 0.05) is 6.54 Å². The highest BCUT2D eigenvalue weighted by Crippen LogP contribution is 2.10. The zero-order valence-corrected chi connectivity index (χ0v) is 10.3. The molecule has 0 saturated heterocycles. The van der Waals surface area contributed by atoms with E-state index in [9.17, 15) is 9.18 Å². The minimum atomic E-state index is -0.158. The predicted molar refractivity (Wildman–Crippen MR) is 66.2 cm³/mol. The van der Waals surface area contributed by atoms with Crippen LogP contribution in [-0.4, -0.2) is 19.6 Å². The van der Waals surface area contributed by atoms with E-state index in [-0.39, 0.29) is 6.67 Å². The van der Waals surface area contributed by atoms with Crippen molar-refractivity contribution < 1.29 is 9.18 Å². The maximum absolute atomic E-state index is 11.8. The zero-order chi connectivity index (χ0) is 11.9. The summed E-state index contributed by atoms with van der Waals surface area (Å²) in [5, 5.41) is 2.67. The Morgan fingerprint density at radius 1 is 0.750 bits per heavy atom. The van der Waals surface area contributed by atoms with E-state index in [1.807, 2.05) is 0 Å². The van der Waals surface area contributed by atoms with Crippen molar-refractivity contribution in [2.24, 2.45) is 0 Å². The lowest BCUT2D eigenvalue weighted by atomic mass is 10.1. The molecule has 0 aliphatic carbocycles. The summed E-state index contributed by atoms with van der Waals surface area (Å²) < 4.78 is 11.8. The Kier molecular flexibility index (Phi) is 13.9. The van der Waals surface area contributed by atoms with E-state index in [1.54, 1.807) is 0 Å². The quantitative estimate of drug-likeness (QED) is 0.381. The fourth-order valence-electron chi connectivity index (χ4n) is 1.79. The molecule has 0 fully saturated rings. The van der Waals surface area contributed by atoms with Crippen LogP contribution in [0, 0.1) is 0 Å². The number of hydrogen-bond acceptors (Lipinski definition) is 1. The van der Waals surface area contributed by atoms with E-state index in [0.717, 1.165) is 32.2 Å². The highest BCUT2D eigenvalue weighted by molar-refractivity contribution is 5.45. The number of alkyl halides is 1. The Labute approximate surface area is 99.0 Å². The van der Waals surface area contributed by atoms with Gasteiger partial charge in [-0.3, -0.25) is 9.18 Å². The van der Waals surface area contributed by atoms with Crippen molar-refractivity contribution >= 4 is 6.41 Å². The summed E-state index contributed by atoms with van der Waals surface area (Å²) in [5.41, 5.74) is 0. The molecule has 0 unspecified atom stereocenters. The second-order valence-corrected chi connectivity index (χ2v) is 4.30. The molecule has 0 atom stereocenters. The van der Waals surface area contributed by atoms with Crippen molar-refractivity contribution in [3.63, 3.8) is 0 Å². The van der Waals surface area contributed by atoms with Gasteiger partial charge in [0.15, 0.2) is 0 Å². The Hall–Kier alpha value is -0.600. The first-order valence-electron chi connectivity index (χ1n) is 6.65. The average molecular weight is 231 g/mol. The highest BCUT2D eigenvalue weighted by atomic mass is 19.1. The molecule has 2 nitrogen and oxygen atoms in total.